The molecule has 11 heteroatoms. The molecule has 0 bridgehead atoms. The summed E-state index contributed by atoms with van der Waals surface area (Å²) in [5, 5.41) is 2.93. The minimum absolute atomic E-state index is 0.0753. The molecule has 0 heterocycles. The Morgan fingerprint density at radius 3 is 2.65 bits per heavy atom. The lowest BCUT2D eigenvalue weighted by molar-refractivity contribution is -0.123. The van der Waals surface area contributed by atoms with E-state index in [9.17, 15) is 9.59 Å². The number of ether oxygens (including phenoxy) is 3. The quantitative estimate of drug-likeness (QED) is 0.260. The maximum atomic E-state index is 12.3. The van der Waals surface area contributed by atoms with E-state index < -0.39 is 11.8 Å². The molecular weight excluding hydrogens is 510 g/mol. The lowest BCUT2D eigenvalue weighted by Gasteiger charge is -2.12. The normalized spacial score (nSPS) is 10.2. The highest BCUT2D eigenvalue weighted by Gasteiger charge is 2.11. The standard InChI is InChI=1S/C20H21BrClN3O5S/c1-2-28-8-9-29-15-5-3-4-13(10-15)19(27)23-20(31)25-24-18(26)12-30-17-7-6-14(22)11-16(17)21/h3-7,10-11H,2,8-9,12H2,1H3,(H,24,26)(H2,23,25,27,31). The van der Waals surface area contributed by atoms with E-state index in [0.29, 0.717) is 46.4 Å². The second kappa shape index (κ2) is 13.1. The van der Waals surface area contributed by atoms with Gasteiger partial charge in [0, 0.05) is 17.2 Å². The van der Waals surface area contributed by atoms with Crippen molar-refractivity contribution in [2.75, 3.05) is 26.4 Å². The van der Waals surface area contributed by atoms with Crippen molar-refractivity contribution in [1.82, 2.24) is 16.2 Å². The molecule has 0 aliphatic carbocycles. The summed E-state index contributed by atoms with van der Waals surface area (Å²) in [6.45, 7) is 3.07. The number of thiocarbonyl (C=S) groups is 1. The van der Waals surface area contributed by atoms with Crippen LogP contribution in [0.1, 0.15) is 17.3 Å². The van der Waals surface area contributed by atoms with Crippen molar-refractivity contribution in [3.8, 4) is 11.5 Å². The zero-order valence-corrected chi connectivity index (χ0v) is 19.7. The molecule has 2 rings (SSSR count). The van der Waals surface area contributed by atoms with E-state index in [1.165, 1.54) is 0 Å². The van der Waals surface area contributed by atoms with Crippen LogP contribution in [0.2, 0.25) is 5.02 Å². The Bertz CT molecular complexity index is 931. The van der Waals surface area contributed by atoms with Crippen LogP contribution < -0.4 is 25.6 Å². The van der Waals surface area contributed by atoms with Crippen LogP contribution in [0, 0.1) is 0 Å². The Balaban J connectivity index is 1.75. The number of hydrogen-bond donors (Lipinski definition) is 3. The highest BCUT2D eigenvalue weighted by Crippen LogP contribution is 2.27. The van der Waals surface area contributed by atoms with Crippen molar-refractivity contribution in [3.05, 3.63) is 57.5 Å². The van der Waals surface area contributed by atoms with Gasteiger partial charge in [-0.05, 0) is 71.5 Å². The molecule has 0 unspecified atom stereocenters. The van der Waals surface area contributed by atoms with Gasteiger partial charge in [0.15, 0.2) is 11.7 Å². The van der Waals surface area contributed by atoms with Crippen LogP contribution >= 0.6 is 39.7 Å². The summed E-state index contributed by atoms with van der Waals surface area (Å²) in [4.78, 5) is 24.2. The van der Waals surface area contributed by atoms with Crippen LogP contribution in [0.3, 0.4) is 0 Å². The van der Waals surface area contributed by atoms with Crippen molar-refractivity contribution in [1.29, 1.82) is 0 Å². The summed E-state index contributed by atoms with van der Waals surface area (Å²) in [6.07, 6.45) is 0. The zero-order chi connectivity index (χ0) is 22.6. The molecule has 0 spiro atoms. The largest absolute Gasteiger partial charge is 0.491 e. The first-order valence-corrected chi connectivity index (χ1v) is 10.8. The number of amides is 2. The Labute approximate surface area is 198 Å². The Morgan fingerprint density at radius 1 is 1.10 bits per heavy atom. The van der Waals surface area contributed by atoms with E-state index in [1.807, 2.05) is 6.92 Å². The topological polar surface area (TPSA) is 97.9 Å². The molecule has 0 fully saturated rings. The van der Waals surface area contributed by atoms with Gasteiger partial charge in [-0.3, -0.25) is 25.8 Å². The van der Waals surface area contributed by atoms with Gasteiger partial charge in [-0.2, -0.15) is 0 Å². The summed E-state index contributed by atoms with van der Waals surface area (Å²) < 4.78 is 16.7. The number of carbonyl (C=O) groups excluding carboxylic acids is 2. The van der Waals surface area contributed by atoms with E-state index in [0.717, 1.165) is 0 Å². The lowest BCUT2D eigenvalue weighted by Crippen LogP contribution is -2.49. The number of hydrazine groups is 1. The molecule has 166 valence electrons. The molecule has 31 heavy (non-hydrogen) atoms. The van der Waals surface area contributed by atoms with Crippen LogP contribution in [0.4, 0.5) is 0 Å². The molecule has 2 aromatic rings. The van der Waals surface area contributed by atoms with E-state index in [1.54, 1.807) is 42.5 Å². The van der Waals surface area contributed by atoms with E-state index in [2.05, 4.69) is 32.1 Å². The molecule has 3 N–H and O–H groups in total. The molecule has 2 amide bonds. The maximum Gasteiger partial charge on any atom is 0.276 e. The number of nitrogens with one attached hydrogen (secondary N) is 3. The fourth-order valence-corrected chi connectivity index (χ4v) is 3.14. The van der Waals surface area contributed by atoms with Gasteiger partial charge in [0.1, 0.15) is 18.1 Å². The SMILES string of the molecule is CCOCCOc1cccc(C(=O)NC(=S)NNC(=O)COc2ccc(Cl)cc2Br)c1. The Kier molecular flexibility index (Phi) is 10.5. The maximum absolute atomic E-state index is 12.3. The molecule has 0 saturated heterocycles. The fraction of sp³-hybridized carbons (Fsp3) is 0.250. The summed E-state index contributed by atoms with van der Waals surface area (Å²) in [6, 6.07) is 11.5. The lowest BCUT2D eigenvalue weighted by atomic mass is 10.2. The fourth-order valence-electron chi connectivity index (χ4n) is 2.19. The molecular formula is C20H21BrClN3O5S. The smallest absolute Gasteiger partial charge is 0.276 e. The third-order valence-corrected chi connectivity index (χ3v) is 4.65. The molecule has 0 atom stereocenters. The van der Waals surface area contributed by atoms with Crippen molar-refractivity contribution >= 4 is 56.7 Å². The average Bonchev–Trinajstić information content (AvgIpc) is 2.75. The number of carbonyl (C=O) groups is 2. The van der Waals surface area contributed by atoms with Crippen LogP contribution in [0.25, 0.3) is 0 Å². The molecule has 2 aromatic carbocycles. The third kappa shape index (κ3) is 9.09. The average molecular weight is 531 g/mol. The van der Waals surface area contributed by atoms with Gasteiger partial charge in [0.05, 0.1) is 11.1 Å². The second-order valence-electron chi connectivity index (χ2n) is 5.89. The van der Waals surface area contributed by atoms with Gasteiger partial charge in [-0.1, -0.05) is 17.7 Å². The summed E-state index contributed by atoms with van der Waals surface area (Å²) >= 11 is 14.2. The first-order chi connectivity index (χ1) is 14.9. The molecule has 0 radical (unpaired) electrons. The number of benzene rings is 2. The van der Waals surface area contributed by atoms with Gasteiger partial charge in [0.2, 0.25) is 0 Å². The molecule has 0 aliphatic rings. The van der Waals surface area contributed by atoms with Gasteiger partial charge in [0.25, 0.3) is 11.8 Å². The van der Waals surface area contributed by atoms with Crippen LogP contribution in [0.5, 0.6) is 11.5 Å². The first-order valence-electron chi connectivity index (χ1n) is 9.17. The van der Waals surface area contributed by atoms with E-state index in [-0.39, 0.29) is 11.7 Å². The summed E-state index contributed by atoms with van der Waals surface area (Å²) in [7, 11) is 0. The van der Waals surface area contributed by atoms with E-state index in [4.69, 9.17) is 38.0 Å². The van der Waals surface area contributed by atoms with Crippen molar-refractivity contribution in [3.63, 3.8) is 0 Å². The predicted molar refractivity (Wildman–Crippen MR) is 124 cm³/mol. The van der Waals surface area contributed by atoms with Gasteiger partial charge in [-0.25, -0.2) is 0 Å². The molecule has 0 saturated carbocycles. The van der Waals surface area contributed by atoms with Crippen molar-refractivity contribution < 1.29 is 23.8 Å². The first kappa shape index (κ1) is 24.9. The Morgan fingerprint density at radius 2 is 1.90 bits per heavy atom. The molecule has 0 aliphatic heterocycles. The highest BCUT2D eigenvalue weighted by atomic mass is 79.9. The van der Waals surface area contributed by atoms with Crippen molar-refractivity contribution in [2.24, 2.45) is 0 Å². The third-order valence-electron chi connectivity index (χ3n) is 3.59. The molecule has 8 nitrogen and oxygen atoms in total. The zero-order valence-electron chi connectivity index (χ0n) is 16.6. The summed E-state index contributed by atoms with van der Waals surface area (Å²) in [5.74, 6) is 0.0373. The molecule has 0 aromatic heterocycles. The number of hydrogen-bond acceptors (Lipinski definition) is 6. The van der Waals surface area contributed by atoms with Gasteiger partial charge in [-0.15, -0.1) is 0 Å². The predicted octanol–water partition coefficient (Wildman–Crippen LogP) is 3.23. The Hall–Kier alpha value is -2.40. The second-order valence-corrected chi connectivity index (χ2v) is 7.59. The van der Waals surface area contributed by atoms with Gasteiger partial charge < -0.3 is 14.2 Å². The van der Waals surface area contributed by atoms with Crippen LogP contribution in [-0.2, 0) is 9.53 Å². The minimum Gasteiger partial charge on any atom is -0.491 e. The van der Waals surface area contributed by atoms with Crippen LogP contribution in [0.15, 0.2) is 46.9 Å². The van der Waals surface area contributed by atoms with E-state index >= 15 is 0 Å². The van der Waals surface area contributed by atoms with Gasteiger partial charge >= 0.3 is 0 Å². The van der Waals surface area contributed by atoms with Crippen molar-refractivity contribution in [2.45, 2.75) is 6.92 Å². The number of rotatable bonds is 9. The monoisotopic (exact) mass is 529 g/mol. The minimum atomic E-state index is -0.497. The van der Waals surface area contributed by atoms with Crippen LogP contribution in [-0.4, -0.2) is 43.4 Å². The highest BCUT2D eigenvalue weighted by molar-refractivity contribution is 9.10. The number of halogens is 2. The summed E-state index contributed by atoms with van der Waals surface area (Å²) in [5.41, 5.74) is 5.13.